The van der Waals surface area contributed by atoms with Crippen LogP contribution in [0.3, 0.4) is 0 Å². The molecule has 96 valence electrons. The summed E-state index contributed by atoms with van der Waals surface area (Å²) in [7, 11) is 0. The van der Waals surface area contributed by atoms with E-state index in [0.717, 1.165) is 31.5 Å². The molecule has 0 heterocycles. The third-order valence-electron chi connectivity index (χ3n) is 2.81. The van der Waals surface area contributed by atoms with Crippen LogP contribution in [0.1, 0.15) is 45.2 Å². The number of benzene rings is 1. The average Bonchev–Trinajstić information content (AvgIpc) is 2.28. The zero-order chi connectivity index (χ0) is 12.8. The molecule has 0 aliphatic heterocycles. The maximum absolute atomic E-state index is 14.0. The van der Waals surface area contributed by atoms with Gasteiger partial charge in [0.25, 0.3) is 0 Å². The van der Waals surface area contributed by atoms with Crippen molar-refractivity contribution in [3.05, 3.63) is 29.6 Å². The van der Waals surface area contributed by atoms with Crippen LogP contribution in [0.5, 0.6) is 0 Å². The van der Waals surface area contributed by atoms with E-state index in [9.17, 15) is 4.39 Å². The number of nitrogens with zero attached hydrogens (tertiary/aromatic N) is 1. The van der Waals surface area contributed by atoms with E-state index in [1.54, 1.807) is 6.07 Å². The van der Waals surface area contributed by atoms with Crippen LogP contribution in [0.25, 0.3) is 0 Å². The van der Waals surface area contributed by atoms with Crippen molar-refractivity contribution < 1.29 is 4.39 Å². The lowest BCUT2D eigenvalue weighted by molar-refractivity contribution is 0.606. The molecule has 0 spiro atoms. The van der Waals surface area contributed by atoms with Gasteiger partial charge in [0.2, 0.25) is 0 Å². The second-order valence-electron chi connectivity index (χ2n) is 4.45. The van der Waals surface area contributed by atoms with E-state index in [-0.39, 0.29) is 11.9 Å². The van der Waals surface area contributed by atoms with Crippen molar-refractivity contribution in [2.75, 3.05) is 18.0 Å². The van der Waals surface area contributed by atoms with Gasteiger partial charge in [-0.1, -0.05) is 26.0 Å². The Morgan fingerprint density at radius 3 is 2.29 bits per heavy atom. The van der Waals surface area contributed by atoms with E-state index >= 15 is 0 Å². The molecule has 0 radical (unpaired) electrons. The quantitative estimate of drug-likeness (QED) is 0.822. The van der Waals surface area contributed by atoms with Crippen LogP contribution in [0.4, 0.5) is 10.1 Å². The predicted octanol–water partition coefficient (Wildman–Crippen LogP) is 3.47. The highest BCUT2D eigenvalue weighted by molar-refractivity contribution is 5.56. The van der Waals surface area contributed by atoms with E-state index in [0.29, 0.717) is 5.69 Å². The third-order valence-corrected chi connectivity index (χ3v) is 2.81. The first kappa shape index (κ1) is 14.0. The zero-order valence-corrected chi connectivity index (χ0v) is 11.0. The minimum absolute atomic E-state index is 0.142. The number of anilines is 1. The molecule has 3 heteroatoms. The third kappa shape index (κ3) is 3.43. The Morgan fingerprint density at radius 1 is 1.24 bits per heavy atom. The molecule has 0 saturated carbocycles. The van der Waals surface area contributed by atoms with Crippen molar-refractivity contribution in [3.8, 4) is 0 Å². The van der Waals surface area contributed by atoms with Crippen LogP contribution in [0, 0.1) is 5.82 Å². The van der Waals surface area contributed by atoms with Crippen LogP contribution in [0.15, 0.2) is 18.2 Å². The zero-order valence-electron chi connectivity index (χ0n) is 11.0. The van der Waals surface area contributed by atoms with E-state index in [1.807, 2.05) is 13.0 Å². The summed E-state index contributed by atoms with van der Waals surface area (Å²) in [5, 5.41) is 0. The second kappa shape index (κ2) is 6.60. The summed E-state index contributed by atoms with van der Waals surface area (Å²) >= 11 is 0. The number of nitrogens with two attached hydrogens (primary N) is 1. The highest BCUT2D eigenvalue weighted by Crippen LogP contribution is 2.28. The fourth-order valence-corrected chi connectivity index (χ4v) is 2.11. The summed E-state index contributed by atoms with van der Waals surface area (Å²) in [6.45, 7) is 7.85. The van der Waals surface area contributed by atoms with Crippen LogP contribution >= 0.6 is 0 Å². The smallest absolute Gasteiger partial charge is 0.146 e. The van der Waals surface area contributed by atoms with Gasteiger partial charge in [0.1, 0.15) is 5.82 Å². The van der Waals surface area contributed by atoms with Gasteiger partial charge in [-0.05, 0) is 31.4 Å². The molecule has 2 N–H and O–H groups in total. The Bertz CT molecular complexity index is 344. The summed E-state index contributed by atoms with van der Waals surface area (Å²) in [4.78, 5) is 2.11. The molecule has 0 saturated heterocycles. The van der Waals surface area contributed by atoms with E-state index in [1.165, 1.54) is 6.07 Å². The van der Waals surface area contributed by atoms with E-state index in [4.69, 9.17) is 5.73 Å². The van der Waals surface area contributed by atoms with Crippen molar-refractivity contribution >= 4 is 5.69 Å². The highest BCUT2D eigenvalue weighted by atomic mass is 19.1. The van der Waals surface area contributed by atoms with E-state index in [2.05, 4.69) is 18.7 Å². The second-order valence-corrected chi connectivity index (χ2v) is 4.45. The largest absolute Gasteiger partial charge is 0.369 e. The topological polar surface area (TPSA) is 29.3 Å². The summed E-state index contributed by atoms with van der Waals surface area (Å²) in [5.74, 6) is -0.165. The van der Waals surface area contributed by atoms with E-state index < -0.39 is 0 Å². The first-order valence-electron chi connectivity index (χ1n) is 6.40. The van der Waals surface area contributed by atoms with Crippen molar-refractivity contribution in [1.29, 1.82) is 0 Å². The molecule has 1 atom stereocenters. The Hall–Kier alpha value is -1.09. The molecule has 1 aromatic rings. The van der Waals surface area contributed by atoms with Gasteiger partial charge < -0.3 is 10.6 Å². The molecular formula is C14H23FN2. The predicted molar refractivity (Wildman–Crippen MR) is 71.8 cm³/mol. The summed E-state index contributed by atoms with van der Waals surface area (Å²) in [6.07, 6.45) is 2.01. The van der Waals surface area contributed by atoms with Gasteiger partial charge in [0.15, 0.2) is 0 Å². The molecule has 0 aromatic heterocycles. The lowest BCUT2D eigenvalue weighted by atomic mass is 10.0. The Labute approximate surface area is 104 Å². The summed E-state index contributed by atoms with van der Waals surface area (Å²) in [6, 6.07) is 5.02. The molecule has 0 amide bonds. The molecule has 0 aliphatic carbocycles. The fourth-order valence-electron chi connectivity index (χ4n) is 2.11. The normalized spacial score (nSPS) is 12.5. The van der Waals surface area contributed by atoms with Gasteiger partial charge in [-0.3, -0.25) is 0 Å². The van der Waals surface area contributed by atoms with Gasteiger partial charge in [-0.2, -0.15) is 0 Å². The SMILES string of the molecule is CCCN(CCC)c1c(F)cccc1[C@H](C)N. The summed E-state index contributed by atoms with van der Waals surface area (Å²) in [5.41, 5.74) is 7.50. The molecule has 0 aliphatic rings. The monoisotopic (exact) mass is 238 g/mol. The molecule has 0 bridgehead atoms. The number of halogens is 1. The summed E-state index contributed by atoms with van der Waals surface area (Å²) < 4.78 is 14.0. The molecule has 2 nitrogen and oxygen atoms in total. The van der Waals surface area contributed by atoms with Crippen LogP contribution < -0.4 is 10.6 Å². The molecule has 0 unspecified atom stereocenters. The maximum Gasteiger partial charge on any atom is 0.146 e. The van der Waals surface area contributed by atoms with Crippen molar-refractivity contribution in [1.82, 2.24) is 0 Å². The van der Waals surface area contributed by atoms with Crippen molar-refractivity contribution in [2.24, 2.45) is 5.73 Å². The van der Waals surface area contributed by atoms with Gasteiger partial charge >= 0.3 is 0 Å². The first-order chi connectivity index (χ1) is 8.11. The fraction of sp³-hybridized carbons (Fsp3) is 0.571. The van der Waals surface area contributed by atoms with Crippen LogP contribution in [-0.2, 0) is 0 Å². The lowest BCUT2D eigenvalue weighted by Crippen LogP contribution is -2.28. The van der Waals surface area contributed by atoms with Gasteiger partial charge in [0.05, 0.1) is 5.69 Å². The van der Waals surface area contributed by atoms with Crippen molar-refractivity contribution in [3.63, 3.8) is 0 Å². The first-order valence-corrected chi connectivity index (χ1v) is 6.40. The number of rotatable bonds is 6. The molecule has 1 rings (SSSR count). The standard InChI is InChI=1S/C14H23FN2/c1-4-9-17(10-5-2)14-12(11(3)16)7-6-8-13(14)15/h6-8,11H,4-5,9-10,16H2,1-3H3/t11-/m0/s1. The highest BCUT2D eigenvalue weighted by Gasteiger charge is 2.16. The molecule has 0 fully saturated rings. The molecule has 17 heavy (non-hydrogen) atoms. The lowest BCUT2D eigenvalue weighted by Gasteiger charge is -2.28. The Morgan fingerprint density at radius 2 is 1.82 bits per heavy atom. The van der Waals surface area contributed by atoms with Gasteiger partial charge in [-0.15, -0.1) is 0 Å². The molecule has 1 aromatic carbocycles. The number of para-hydroxylation sites is 1. The van der Waals surface area contributed by atoms with Crippen molar-refractivity contribution in [2.45, 2.75) is 39.7 Å². The van der Waals surface area contributed by atoms with Crippen LogP contribution in [0.2, 0.25) is 0 Å². The Kier molecular flexibility index (Phi) is 5.42. The van der Waals surface area contributed by atoms with Crippen LogP contribution in [-0.4, -0.2) is 13.1 Å². The number of hydrogen-bond acceptors (Lipinski definition) is 2. The van der Waals surface area contributed by atoms with Gasteiger partial charge in [0, 0.05) is 19.1 Å². The average molecular weight is 238 g/mol. The Balaban J connectivity index is 3.14. The maximum atomic E-state index is 14.0. The minimum Gasteiger partial charge on any atom is -0.369 e. The minimum atomic E-state index is -0.165. The van der Waals surface area contributed by atoms with Gasteiger partial charge in [-0.25, -0.2) is 4.39 Å². The molecular weight excluding hydrogens is 215 g/mol. The number of hydrogen-bond donors (Lipinski definition) is 1.